The molecule has 2 aromatic rings. The molecule has 0 aliphatic rings. The molecule has 0 radical (unpaired) electrons. The number of aromatic nitrogens is 1. The molecule has 0 aliphatic heterocycles. The number of hydrogen-bond donors (Lipinski definition) is 0. The van der Waals surface area contributed by atoms with Crippen molar-refractivity contribution in [3.63, 3.8) is 0 Å². The van der Waals surface area contributed by atoms with Crippen LogP contribution in [0, 0.1) is 0 Å². The topological polar surface area (TPSA) is 12.9 Å². The van der Waals surface area contributed by atoms with Crippen molar-refractivity contribution >= 4 is 27.3 Å². The van der Waals surface area contributed by atoms with Crippen LogP contribution in [-0.2, 0) is 6.42 Å². The summed E-state index contributed by atoms with van der Waals surface area (Å²) in [6.45, 7) is 0. The molecule has 0 saturated heterocycles. The van der Waals surface area contributed by atoms with Crippen molar-refractivity contribution in [3.8, 4) is 0 Å². The van der Waals surface area contributed by atoms with E-state index >= 15 is 0 Å². The fraction of sp³-hybridized carbons (Fsp3) is 0.182. The van der Waals surface area contributed by atoms with Crippen LogP contribution in [0.4, 0.5) is 0 Å². The Morgan fingerprint density at radius 1 is 1.36 bits per heavy atom. The van der Waals surface area contributed by atoms with E-state index in [1.165, 1.54) is 10.4 Å². The second-order valence-corrected chi connectivity index (χ2v) is 5.17. The second kappa shape index (κ2) is 4.71. The lowest BCUT2D eigenvalue weighted by atomic mass is 10.1. The predicted octanol–water partition coefficient (Wildman–Crippen LogP) is 3.82. The van der Waals surface area contributed by atoms with Gasteiger partial charge in [-0.3, -0.25) is 4.98 Å². The van der Waals surface area contributed by atoms with Gasteiger partial charge in [0.1, 0.15) is 0 Å². The van der Waals surface area contributed by atoms with E-state index in [2.05, 4.69) is 44.5 Å². The van der Waals surface area contributed by atoms with Crippen molar-refractivity contribution in [1.29, 1.82) is 0 Å². The normalized spacial score (nSPS) is 12.6. The molecular formula is C11H10BrNS. The average molecular weight is 268 g/mol. The summed E-state index contributed by atoms with van der Waals surface area (Å²) >= 11 is 5.47. The zero-order valence-electron chi connectivity index (χ0n) is 7.56. The summed E-state index contributed by atoms with van der Waals surface area (Å²) in [5.74, 6) is 0. The van der Waals surface area contributed by atoms with Gasteiger partial charge in [-0.2, -0.15) is 0 Å². The minimum absolute atomic E-state index is 0.370. The van der Waals surface area contributed by atoms with Gasteiger partial charge >= 0.3 is 0 Å². The molecule has 2 heterocycles. The smallest absolute Gasteiger partial charge is 0.0458 e. The Hall–Kier alpha value is -0.670. The van der Waals surface area contributed by atoms with Gasteiger partial charge in [-0.15, -0.1) is 11.3 Å². The van der Waals surface area contributed by atoms with Crippen LogP contribution in [0.3, 0.4) is 0 Å². The van der Waals surface area contributed by atoms with Gasteiger partial charge in [-0.25, -0.2) is 0 Å². The van der Waals surface area contributed by atoms with E-state index in [0.29, 0.717) is 4.83 Å². The summed E-state index contributed by atoms with van der Waals surface area (Å²) in [6.07, 6.45) is 4.74. The number of halogens is 1. The van der Waals surface area contributed by atoms with Crippen molar-refractivity contribution in [2.75, 3.05) is 0 Å². The summed E-state index contributed by atoms with van der Waals surface area (Å²) in [6, 6.07) is 8.32. The quantitative estimate of drug-likeness (QED) is 0.771. The van der Waals surface area contributed by atoms with E-state index < -0.39 is 0 Å². The number of nitrogens with zero attached hydrogens (tertiary/aromatic N) is 1. The standard InChI is InChI=1S/C11H10BrNS/c12-11(7-10-4-2-6-14-10)9-3-1-5-13-8-9/h1-6,8,11H,7H2. The minimum atomic E-state index is 0.370. The van der Waals surface area contributed by atoms with Crippen LogP contribution in [0.15, 0.2) is 42.0 Å². The number of thiophene rings is 1. The van der Waals surface area contributed by atoms with Gasteiger partial charge in [-0.05, 0) is 29.5 Å². The van der Waals surface area contributed by atoms with E-state index in [0.717, 1.165) is 6.42 Å². The third-order valence-electron chi connectivity index (χ3n) is 2.01. The molecule has 0 aliphatic carbocycles. The van der Waals surface area contributed by atoms with Gasteiger partial charge < -0.3 is 0 Å². The zero-order valence-corrected chi connectivity index (χ0v) is 9.96. The molecule has 14 heavy (non-hydrogen) atoms. The van der Waals surface area contributed by atoms with Crippen LogP contribution in [-0.4, -0.2) is 4.98 Å². The Balaban J connectivity index is 2.07. The molecule has 1 atom stereocenters. The van der Waals surface area contributed by atoms with Crippen molar-refractivity contribution in [2.24, 2.45) is 0 Å². The summed E-state index contributed by atoms with van der Waals surface area (Å²) < 4.78 is 0. The lowest BCUT2D eigenvalue weighted by molar-refractivity contribution is 0.957. The zero-order chi connectivity index (χ0) is 9.80. The molecular weight excluding hydrogens is 258 g/mol. The molecule has 1 nitrogen and oxygen atoms in total. The monoisotopic (exact) mass is 267 g/mol. The second-order valence-electron chi connectivity index (χ2n) is 3.04. The molecule has 3 heteroatoms. The van der Waals surface area contributed by atoms with Crippen LogP contribution in [0.1, 0.15) is 15.3 Å². The minimum Gasteiger partial charge on any atom is -0.264 e. The molecule has 1 unspecified atom stereocenters. The van der Waals surface area contributed by atoms with Gasteiger partial charge in [-0.1, -0.05) is 28.1 Å². The molecule has 0 fully saturated rings. The number of rotatable bonds is 3. The van der Waals surface area contributed by atoms with Crippen LogP contribution in [0.25, 0.3) is 0 Å². The van der Waals surface area contributed by atoms with Crippen LogP contribution in [0.2, 0.25) is 0 Å². The summed E-state index contributed by atoms with van der Waals surface area (Å²) in [5.41, 5.74) is 1.24. The SMILES string of the molecule is BrC(Cc1cccs1)c1cccnc1. The fourth-order valence-electron chi connectivity index (χ4n) is 1.28. The van der Waals surface area contributed by atoms with Crippen LogP contribution >= 0.6 is 27.3 Å². The Morgan fingerprint density at radius 3 is 2.93 bits per heavy atom. The third kappa shape index (κ3) is 2.42. The van der Waals surface area contributed by atoms with Crippen molar-refractivity contribution < 1.29 is 0 Å². The molecule has 2 aromatic heterocycles. The highest BCUT2D eigenvalue weighted by Gasteiger charge is 2.08. The Morgan fingerprint density at radius 2 is 2.29 bits per heavy atom. The highest BCUT2D eigenvalue weighted by Crippen LogP contribution is 2.27. The highest BCUT2D eigenvalue weighted by atomic mass is 79.9. The number of hydrogen-bond acceptors (Lipinski definition) is 2. The maximum atomic E-state index is 4.11. The molecule has 0 spiro atoms. The van der Waals surface area contributed by atoms with Gasteiger partial charge in [0.25, 0.3) is 0 Å². The molecule has 2 rings (SSSR count). The van der Waals surface area contributed by atoms with Gasteiger partial charge in [0.2, 0.25) is 0 Å². The van der Waals surface area contributed by atoms with E-state index in [1.807, 2.05) is 12.3 Å². The van der Waals surface area contributed by atoms with Gasteiger partial charge in [0.05, 0.1) is 0 Å². The molecule has 0 amide bonds. The molecule has 0 saturated carbocycles. The molecule has 0 bridgehead atoms. The van der Waals surface area contributed by atoms with E-state index in [4.69, 9.17) is 0 Å². The predicted molar refractivity (Wildman–Crippen MR) is 63.9 cm³/mol. The van der Waals surface area contributed by atoms with E-state index in [9.17, 15) is 0 Å². The van der Waals surface area contributed by atoms with E-state index in [1.54, 1.807) is 17.5 Å². The number of pyridine rings is 1. The fourth-order valence-corrected chi connectivity index (χ4v) is 2.87. The highest BCUT2D eigenvalue weighted by molar-refractivity contribution is 9.09. The lowest BCUT2D eigenvalue weighted by Gasteiger charge is -2.07. The summed E-state index contributed by atoms with van der Waals surface area (Å²) in [5, 5.41) is 2.11. The Bertz CT molecular complexity index is 371. The molecule has 0 aromatic carbocycles. The van der Waals surface area contributed by atoms with E-state index in [-0.39, 0.29) is 0 Å². The number of alkyl halides is 1. The summed E-state index contributed by atoms with van der Waals surface area (Å²) in [4.78, 5) is 5.88. The van der Waals surface area contributed by atoms with Crippen LogP contribution < -0.4 is 0 Å². The third-order valence-corrected chi connectivity index (χ3v) is 3.76. The maximum Gasteiger partial charge on any atom is 0.0458 e. The van der Waals surface area contributed by atoms with Gasteiger partial charge in [0, 0.05) is 22.1 Å². The van der Waals surface area contributed by atoms with Crippen molar-refractivity contribution in [1.82, 2.24) is 4.98 Å². The van der Waals surface area contributed by atoms with Gasteiger partial charge in [0.15, 0.2) is 0 Å². The lowest BCUT2D eigenvalue weighted by Crippen LogP contribution is -1.93. The maximum absolute atomic E-state index is 4.11. The van der Waals surface area contributed by atoms with Crippen molar-refractivity contribution in [3.05, 3.63) is 52.5 Å². The first kappa shape index (κ1) is 9.87. The summed E-state index contributed by atoms with van der Waals surface area (Å²) in [7, 11) is 0. The first-order valence-electron chi connectivity index (χ1n) is 4.42. The van der Waals surface area contributed by atoms with Crippen LogP contribution in [0.5, 0.6) is 0 Å². The Labute approximate surface area is 95.9 Å². The largest absolute Gasteiger partial charge is 0.264 e. The first-order chi connectivity index (χ1) is 6.86. The average Bonchev–Trinajstić information content (AvgIpc) is 2.72. The Kier molecular flexibility index (Phi) is 3.32. The molecule has 0 N–H and O–H groups in total. The first-order valence-corrected chi connectivity index (χ1v) is 6.22. The molecule has 72 valence electrons. The van der Waals surface area contributed by atoms with Crippen molar-refractivity contribution in [2.45, 2.75) is 11.2 Å².